The number of hydrogen-bond acceptors (Lipinski definition) is 8. The third kappa shape index (κ3) is 3.46. The van der Waals surface area contributed by atoms with Crippen LogP contribution in [0.25, 0.3) is 0 Å². The van der Waals surface area contributed by atoms with Crippen molar-refractivity contribution in [2.45, 2.75) is 11.9 Å². The molecule has 0 unspecified atom stereocenters. The zero-order valence-electron chi connectivity index (χ0n) is 12.6. The van der Waals surface area contributed by atoms with Gasteiger partial charge in [-0.2, -0.15) is 10.4 Å². The number of ketones is 1. The molecule has 0 atom stereocenters. The van der Waals surface area contributed by atoms with Gasteiger partial charge in [0.1, 0.15) is 16.7 Å². The van der Waals surface area contributed by atoms with Crippen molar-refractivity contribution in [3.05, 3.63) is 35.4 Å². The van der Waals surface area contributed by atoms with Crippen LogP contribution in [0.4, 0.5) is 22.9 Å². The number of pyridine rings is 1. The van der Waals surface area contributed by atoms with Gasteiger partial charge in [0.25, 0.3) is 0 Å². The van der Waals surface area contributed by atoms with Crippen molar-refractivity contribution < 1.29 is 4.79 Å². The first-order valence-corrected chi connectivity index (χ1v) is 7.76. The second kappa shape index (κ2) is 6.89. The highest BCUT2D eigenvalue weighted by molar-refractivity contribution is 7.98. The van der Waals surface area contributed by atoms with Crippen molar-refractivity contribution in [3.8, 4) is 6.07 Å². The number of nitrogens with zero attached hydrogens (tertiary/aromatic N) is 4. The lowest BCUT2D eigenvalue weighted by Gasteiger charge is -2.08. The number of aromatic nitrogens is 1. The lowest BCUT2D eigenvalue weighted by atomic mass is 10.1. The summed E-state index contributed by atoms with van der Waals surface area (Å²) in [5, 5.41) is 17.7. The Hall–Kier alpha value is -2.92. The average Bonchev–Trinajstić information content (AvgIpc) is 2.54. The number of thioether (sulfide) groups is 1. The molecule has 0 aliphatic rings. The second-order valence-corrected chi connectivity index (χ2v) is 5.35. The Morgan fingerprint density at radius 2 is 1.91 bits per heavy atom. The van der Waals surface area contributed by atoms with Gasteiger partial charge in [-0.25, -0.2) is 4.98 Å². The summed E-state index contributed by atoms with van der Waals surface area (Å²) in [5.74, 6) is 0.0763. The summed E-state index contributed by atoms with van der Waals surface area (Å²) in [5.41, 5.74) is 13.4. The number of hydrogen-bond donors (Lipinski definition) is 2. The smallest absolute Gasteiger partial charge is 0.159 e. The largest absolute Gasteiger partial charge is 0.396 e. The van der Waals surface area contributed by atoms with E-state index in [1.54, 1.807) is 30.5 Å². The van der Waals surface area contributed by atoms with E-state index in [4.69, 9.17) is 11.5 Å². The molecule has 0 spiro atoms. The molecule has 1 aromatic heterocycles. The van der Waals surface area contributed by atoms with Gasteiger partial charge in [0.05, 0.1) is 11.4 Å². The van der Waals surface area contributed by atoms with Gasteiger partial charge in [0.2, 0.25) is 0 Å². The van der Waals surface area contributed by atoms with E-state index in [0.29, 0.717) is 16.3 Å². The van der Waals surface area contributed by atoms with E-state index < -0.39 is 0 Å². The van der Waals surface area contributed by atoms with Gasteiger partial charge in [-0.3, -0.25) is 4.79 Å². The van der Waals surface area contributed by atoms with Gasteiger partial charge in [-0.15, -0.1) is 16.9 Å². The minimum absolute atomic E-state index is 0.0301. The number of carbonyl (C=O) groups excluding carboxylic acids is 1. The Kier molecular flexibility index (Phi) is 4.93. The van der Waals surface area contributed by atoms with Crippen LogP contribution in [0.3, 0.4) is 0 Å². The third-order valence-electron chi connectivity index (χ3n) is 3.05. The molecule has 0 radical (unpaired) electrons. The van der Waals surface area contributed by atoms with Crippen LogP contribution in [0, 0.1) is 11.3 Å². The second-order valence-electron chi connectivity index (χ2n) is 4.56. The zero-order valence-corrected chi connectivity index (χ0v) is 13.4. The SMILES string of the molecule is CSc1nc(N)c(N=Nc2ccc(C(C)=O)cc2)c(N)c1C#N. The highest BCUT2D eigenvalue weighted by Gasteiger charge is 2.15. The molecule has 0 fully saturated rings. The molecule has 0 aliphatic heterocycles. The minimum atomic E-state index is -0.0301. The van der Waals surface area contributed by atoms with E-state index in [1.165, 1.54) is 18.7 Å². The maximum Gasteiger partial charge on any atom is 0.159 e. The van der Waals surface area contributed by atoms with Crippen LogP contribution in [-0.2, 0) is 0 Å². The molecule has 1 heterocycles. The number of benzene rings is 1. The van der Waals surface area contributed by atoms with E-state index in [9.17, 15) is 10.1 Å². The Bertz CT molecular complexity index is 823. The van der Waals surface area contributed by atoms with Crippen molar-refractivity contribution in [1.82, 2.24) is 4.98 Å². The molecular weight excluding hydrogens is 312 g/mol. The summed E-state index contributed by atoms with van der Waals surface area (Å²) in [6.45, 7) is 1.49. The van der Waals surface area contributed by atoms with E-state index >= 15 is 0 Å². The van der Waals surface area contributed by atoms with E-state index in [0.717, 1.165) is 0 Å². The summed E-state index contributed by atoms with van der Waals surface area (Å²) in [6.07, 6.45) is 1.78. The molecule has 8 heteroatoms. The molecule has 0 amide bonds. The standard InChI is InChI=1S/C15H14N6OS/c1-8(22)9-3-5-10(6-4-9)20-21-13-12(17)11(7-16)15(23-2)19-14(13)18/h3-6H,1-2H3,(H4,17,18,19). The third-order valence-corrected chi connectivity index (χ3v) is 3.73. The summed E-state index contributed by atoms with van der Waals surface area (Å²) in [4.78, 5) is 15.3. The first-order chi connectivity index (χ1) is 11.0. The minimum Gasteiger partial charge on any atom is -0.396 e. The molecule has 2 rings (SSSR count). The number of carbonyl (C=O) groups is 1. The van der Waals surface area contributed by atoms with Crippen LogP contribution in [0.15, 0.2) is 39.5 Å². The lowest BCUT2D eigenvalue weighted by molar-refractivity contribution is 0.101. The van der Waals surface area contributed by atoms with Crippen LogP contribution in [0.1, 0.15) is 22.8 Å². The number of nitrogen functional groups attached to an aromatic ring is 2. The highest BCUT2D eigenvalue weighted by atomic mass is 32.2. The molecule has 4 N–H and O–H groups in total. The molecule has 0 saturated heterocycles. The van der Waals surface area contributed by atoms with E-state index in [2.05, 4.69) is 15.2 Å². The summed E-state index contributed by atoms with van der Waals surface area (Å²) in [6, 6.07) is 8.61. The fraction of sp³-hybridized carbons (Fsp3) is 0.133. The topological polar surface area (TPSA) is 131 Å². The monoisotopic (exact) mass is 326 g/mol. The predicted octanol–water partition coefficient (Wildman–Crippen LogP) is 3.46. The van der Waals surface area contributed by atoms with Gasteiger partial charge >= 0.3 is 0 Å². The van der Waals surface area contributed by atoms with Crippen molar-refractivity contribution >= 4 is 40.4 Å². The van der Waals surface area contributed by atoms with Crippen molar-refractivity contribution in [2.75, 3.05) is 17.7 Å². The molecule has 0 aliphatic carbocycles. The van der Waals surface area contributed by atoms with E-state index in [1.807, 2.05) is 6.07 Å². The maximum atomic E-state index is 11.2. The summed E-state index contributed by atoms with van der Waals surface area (Å²) < 4.78 is 0. The van der Waals surface area contributed by atoms with Gasteiger partial charge in [-0.1, -0.05) is 0 Å². The van der Waals surface area contributed by atoms with Crippen molar-refractivity contribution in [2.24, 2.45) is 10.2 Å². The summed E-state index contributed by atoms with van der Waals surface area (Å²) in [7, 11) is 0. The van der Waals surface area contributed by atoms with Crippen LogP contribution in [0.5, 0.6) is 0 Å². The average molecular weight is 326 g/mol. The Labute approximate surface area is 137 Å². The normalized spacial score (nSPS) is 10.7. The van der Waals surface area contributed by atoms with Crippen LogP contribution in [0.2, 0.25) is 0 Å². The van der Waals surface area contributed by atoms with E-state index in [-0.39, 0.29) is 28.5 Å². The zero-order chi connectivity index (χ0) is 17.0. The Balaban J connectivity index is 2.40. The number of azo groups is 1. The van der Waals surface area contributed by atoms with Crippen molar-refractivity contribution in [3.63, 3.8) is 0 Å². The number of Topliss-reactive ketones (excluding diaryl/α,β-unsaturated/α-hetero) is 1. The summed E-state index contributed by atoms with van der Waals surface area (Å²) >= 11 is 1.28. The quantitative estimate of drug-likeness (QED) is 0.502. The molecule has 116 valence electrons. The molecule has 7 nitrogen and oxygen atoms in total. The van der Waals surface area contributed by atoms with Gasteiger partial charge in [0, 0.05) is 5.56 Å². The molecule has 1 aromatic carbocycles. The molecule has 23 heavy (non-hydrogen) atoms. The predicted molar refractivity (Wildman–Crippen MR) is 90.2 cm³/mol. The molecule has 2 aromatic rings. The lowest BCUT2D eigenvalue weighted by Crippen LogP contribution is -2.01. The van der Waals surface area contributed by atoms with Gasteiger partial charge in [0.15, 0.2) is 17.3 Å². The van der Waals surface area contributed by atoms with Gasteiger partial charge in [-0.05, 0) is 37.4 Å². The maximum absolute atomic E-state index is 11.2. The van der Waals surface area contributed by atoms with Crippen LogP contribution < -0.4 is 11.5 Å². The van der Waals surface area contributed by atoms with Crippen molar-refractivity contribution in [1.29, 1.82) is 5.26 Å². The first kappa shape index (κ1) is 16.5. The Morgan fingerprint density at radius 1 is 1.26 bits per heavy atom. The highest BCUT2D eigenvalue weighted by Crippen LogP contribution is 2.36. The van der Waals surface area contributed by atoms with Crippen LogP contribution >= 0.6 is 11.8 Å². The fourth-order valence-electron chi connectivity index (χ4n) is 1.82. The number of rotatable bonds is 4. The number of nitrogens with two attached hydrogens (primary N) is 2. The number of nitriles is 1. The number of anilines is 2. The molecule has 0 bridgehead atoms. The first-order valence-electron chi connectivity index (χ1n) is 6.53. The Morgan fingerprint density at radius 3 is 2.43 bits per heavy atom. The molecule has 0 saturated carbocycles. The molecular formula is C15H14N6OS. The van der Waals surface area contributed by atoms with Crippen LogP contribution in [-0.4, -0.2) is 17.0 Å². The fourth-order valence-corrected chi connectivity index (χ4v) is 2.37. The van der Waals surface area contributed by atoms with Gasteiger partial charge < -0.3 is 11.5 Å².